The maximum absolute atomic E-state index is 13.0. The average Bonchev–Trinajstić information content (AvgIpc) is 2.31. The molecule has 1 aromatic rings. The molecule has 8 heteroatoms. The van der Waals surface area contributed by atoms with Gasteiger partial charge in [0.05, 0.1) is 12.1 Å². The van der Waals surface area contributed by atoms with E-state index in [0.29, 0.717) is 0 Å². The molecule has 0 aromatic heterocycles. The van der Waals surface area contributed by atoms with Crippen molar-refractivity contribution in [3.63, 3.8) is 0 Å². The van der Waals surface area contributed by atoms with Crippen molar-refractivity contribution in [1.82, 2.24) is 9.03 Å². The first-order valence-electron chi connectivity index (χ1n) is 5.48. The van der Waals surface area contributed by atoms with E-state index in [2.05, 4.69) is 4.72 Å². The molecular formula is C11H16F2N2O3S. The van der Waals surface area contributed by atoms with E-state index < -0.39 is 34.0 Å². The molecule has 0 saturated carbocycles. The van der Waals surface area contributed by atoms with Gasteiger partial charge in [0.2, 0.25) is 0 Å². The Morgan fingerprint density at radius 3 is 2.32 bits per heavy atom. The van der Waals surface area contributed by atoms with E-state index in [1.807, 2.05) is 0 Å². The molecule has 0 saturated heterocycles. The minimum atomic E-state index is -3.71. The van der Waals surface area contributed by atoms with Crippen molar-refractivity contribution in [2.75, 3.05) is 14.1 Å². The van der Waals surface area contributed by atoms with Crippen molar-refractivity contribution in [3.8, 4) is 0 Å². The van der Waals surface area contributed by atoms with Gasteiger partial charge < -0.3 is 5.11 Å². The average molecular weight is 294 g/mol. The molecule has 19 heavy (non-hydrogen) atoms. The number of nitrogens with one attached hydrogen (secondary N) is 1. The molecule has 0 aliphatic heterocycles. The maximum Gasteiger partial charge on any atom is 0.279 e. The van der Waals surface area contributed by atoms with Crippen LogP contribution in [-0.2, 0) is 10.2 Å². The van der Waals surface area contributed by atoms with Gasteiger partial charge in [-0.1, -0.05) is 6.07 Å². The molecule has 0 aliphatic carbocycles. The first-order valence-corrected chi connectivity index (χ1v) is 6.92. The standard InChI is InChI=1S/C11H16F2N2O3S/c1-7(14-19(17,18)15(2)3)11(16)8-4-5-9(12)10(13)6-8/h4-7,11,14,16H,1-3H3/t7-,11+/m1/s1. The summed E-state index contributed by atoms with van der Waals surface area (Å²) in [5.41, 5.74) is 0.0906. The van der Waals surface area contributed by atoms with E-state index in [1.54, 1.807) is 0 Å². The summed E-state index contributed by atoms with van der Waals surface area (Å²) < 4.78 is 52.1. The second kappa shape index (κ2) is 5.91. The molecular weight excluding hydrogens is 278 g/mol. The van der Waals surface area contributed by atoms with E-state index >= 15 is 0 Å². The highest BCUT2D eigenvalue weighted by Gasteiger charge is 2.24. The number of aliphatic hydroxyl groups excluding tert-OH is 1. The fraction of sp³-hybridized carbons (Fsp3) is 0.455. The first kappa shape index (κ1) is 16.0. The summed E-state index contributed by atoms with van der Waals surface area (Å²) in [5, 5.41) is 9.91. The summed E-state index contributed by atoms with van der Waals surface area (Å²) in [4.78, 5) is 0. The van der Waals surface area contributed by atoms with Crippen LogP contribution >= 0.6 is 0 Å². The molecule has 5 nitrogen and oxygen atoms in total. The zero-order chi connectivity index (χ0) is 14.8. The van der Waals surface area contributed by atoms with E-state index in [4.69, 9.17) is 0 Å². The number of nitrogens with zero attached hydrogens (tertiary/aromatic N) is 1. The van der Waals surface area contributed by atoms with Gasteiger partial charge in [0.25, 0.3) is 10.2 Å². The Labute approximate surface area is 111 Å². The number of halogens is 2. The van der Waals surface area contributed by atoms with E-state index in [9.17, 15) is 22.3 Å². The predicted molar refractivity (Wildman–Crippen MR) is 66.5 cm³/mol. The van der Waals surface area contributed by atoms with Gasteiger partial charge in [-0.3, -0.25) is 0 Å². The van der Waals surface area contributed by atoms with Crippen molar-refractivity contribution in [2.24, 2.45) is 0 Å². The van der Waals surface area contributed by atoms with Gasteiger partial charge in [-0.2, -0.15) is 17.4 Å². The third-order valence-electron chi connectivity index (χ3n) is 2.57. The molecule has 0 fully saturated rings. The summed E-state index contributed by atoms with van der Waals surface area (Å²) in [6, 6.07) is 2.02. The van der Waals surface area contributed by atoms with Crippen LogP contribution in [0.4, 0.5) is 8.78 Å². The topological polar surface area (TPSA) is 69.6 Å². The van der Waals surface area contributed by atoms with Crippen LogP contribution in [0, 0.1) is 11.6 Å². The molecule has 108 valence electrons. The van der Waals surface area contributed by atoms with Gasteiger partial charge in [0, 0.05) is 14.1 Å². The fourth-order valence-corrected chi connectivity index (χ4v) is 2.20. The van der Waals surface area contributed by atoms with Gasteiger partial charge in [0.1, 0.15) is 0 Å². The van der Waals surface area contributed by atoms with Crippen LogP contribution in [0.25, 0.3) is 0 Å². The Hall–Kier alpha value is -1.09. The normalized spacial score (nSPS) is 15.5. The maximum atomic E-state index is 13.0. The van der Waals surface area contributed by atoms with Crippen LogP contribution < -0.4 is 4.72 Å². The summed E-state index contributed by atoms with van der Waals surface area (Å²) in [6.07, 6.45) is -1.29. The van der Waals surface area contributed by atoms with Crippen LogP contribution in [0.1, 0.15) is 18.6 Å². The van der Waals surface area contributed by atoms with Crippen molar-refractivity contribution in [1.29, 1.82) is 0 Å². The Balaban J connectivity index is 2.88. The van der Waals surface area contributed by atoms with Gasteiger partial charge in [-0.05, 0) is 24.6 Å². The van der Waals surface area contributed by atoms with Crippen LogP contribution in [0.3, 0.4) is 0 Å². The quantitative estimate of drug-likeness (QED) is 0.843. The van der Waals surface area contributed by atoms with Crippen LogP contribution in [0.5, 0.6) is 0 Å². The molecule has 0 heterocycles. The highest BCUT2D eigenvalue weighted by molar-refractivity contribution is 7.87. The lowest BCUT2D eigenvalue weighted by Crippen LogP contribution is -2.43. The van der Waals surface area contributed by atoms with Crippen molar-refractivity contribution in [2.45, 2.75) is 19.1 Å². The molecule has 1 aromatic carbocycles. The Bertz CT molecular complexity index is 549. The molecule has 0 radical (unpaired) electrons. The number of hydrogen-bond acceptors (Lipinski definition) is 3. The van der Waals surface area contributed by atoms with Gasteiger partial charge >= 0.3 is 0 Å². The van der Waals surface area contributed by atoms with Gasteiger partial charge in [-0.25, -0.2) is 8.78 Å². The molecule has 1 rings (SSSR count). The van der Waals surface area contributed by atoms with E-state index in [1.165, 1.54) is 27.1 Å². The van der Waals surface area contributed by atoms with Crippen LogP contribution in [-0.4, -0.2) is 38.0 Å². The Morgan fingerprint density at radius 2 is 1.84 bits per heavy atom. The molecule has 0 unspecified atom stereocenters. The third kappa shape index (κ3) is 3.93. The molecule has 2 N–H and O–H groups in total. The van der Waals surface area contributed by atoms with Crippen molar-refractivity contribution in [3.05, 3.63) is 35.4 Å². The van der Waals surface area contributed by atoms with Crippen molar-refractivity contribution >= 4 is 10.2 Å². The lowest BCUT2D eigenvalue weighted by atomic mass is 10.0. The number of benzene rings is 1. The molecule has 2 atom stereocenters. The minimum Gasteiger partial charge on any atom is -0.387 e. The van der Waals surface area contributed by atoms with Gasteiger partial charge in [0.15, 0.2) is 11.6 Å². The highest BCUT2D eigenvalue weighted by Crippen LogP contribution is 2.19. The molecule has 0 bridgehead atoms. The summed E-state index contributed by atoms with van der Waals surface area (Å²) in [7, 11) is -1.05. The van der Waals surface area contributed by atoms with E-state index in [-0.39, 0.29) is 5.56 Å². The predicted octanol–water partition coefficient (Wildman–Crippen LogP) is 0.783. The number of rotatable bonds is 5. The SMILES string of the molecule is C[C@@H](NS(=O)(=O)N(C)C)[C@H](O)c1ccc(F)c(F)c1. The zero-order valence-corrected chi connectivity index (χ0v) is 11.6. The highest BCUT2D eigenvalue weighted by atomic mass is 32.2. The summed E-state index contributed by atoms with van der Waals surface area (Å²) >= 11 is 0. The van der Waals surface area contributed by atoms with E-state index in [0.717, 1.165) is 16.4 Å². The second-order valence-electron chi connectivity index (χ2n) is 4.31. The molecule has 0 spiro atoms. The summed E-state index contributed by atoms with van der Waals surface area (Å²) in [5.74, 6) is -2.13. The minimum absolute atomic E-state index is 0.0906. The van der Waals surface area contributed by atoms with Crippen molar-refractivity contribution < 1.29 is 22.3 Å². The largest absolute Gasteiger partial charge is 0.387 e. The van der Waals surface area contributed by atoms with Crippen LogP contribution in [0.15, 0.2) is 18.2 Å². The summed E-state index contributed by atoms with van der Waals surface area (Å²) in [6.45, 7) is 1.42. The Morgan fingerprint density at radius 1 is 1.26 bits per heavy atom. The zero-order valence-electron chi connectivity index (χ0n) is 10.8. The smallest absolute Gasteiger partial charge is 0.279 e. The monoisotopic (exact) mass is 294 g/mol. The third-order valence-corrected chi connectivity index (χ3v) is 4.21. The number of hydrogen-bond donors (Lipinski definition) is 2. The Kier molecular flexibility index (Phi) is 4.97. The second-order valence-corrected chi connectivity index (χ2v) is 6.23. The van der Waals surface area contributed by atoms with Crippen LogP contribution in [0.2, 0.25) is 0 Å². The first-order chi connectivity index (χ1) is 8.65. The molecule has 0 aliphatic rings. The molecule has 0 amide bonds. The fourth-order valence-electron chi connectivity index (χ4n) is 1.39. The number of aliphatic hydroxyl groups is 1. The van der Waals surface area contributed by atoms with Gasteiger partial charge in [-0.15, -0.1) is 0 Å². The lowest BCUT2D eigenvalue weighted by molar-refractivity contribution is 0.145. The lowest BCUT2D eigenvalue weighted by Gasteiger charge is -2.22.